The summed E-state index contributed by atoms with van der Waals surface area (Å²) < 4.78 is 10.5. The summed E-state index contributed by atoms with van der Waals surface area (Å²) in [5.74, 6) is 1.71. The summed E-state index contributed by atoms with van der Waals surface area (Å²) in [4.78, 5) is 9.03. The molecule has 3 aromatic rings. The molecule has 160 valence electrons. The third kappa shape index (κ3) is 5.90. The number of aromatic nitrogens is 2. The minimum absolute atomic E-state index is 0.800. The number of nitrogens with one attached hydrogen (secondary N) is 2. The van der Waals surface area contributed by atoms with Crippen molar-refractivity contribution in [1.29, 1.82) is 0 Å². The molecule has 0 unspecified atom stereocenters. The van der Waals surface area contributed by atoms with Crippen molar-refractivity contribution in [2.45, 2.75) is 26.2 Å². The van der Waals surface area contributed by atoms with Gasteiger partial charge < -0.3 is 20.1 Å². The Labute approximate surface area is 179 Å². The van der Waals surface area contributed by atoms with Crippen molar-refractivity contribution in [3.63, 3.8) is 0 Å². The fourth-order valence-corrected chi connectivity index (χ4v) is 3.39. The predicted octanol–water partition coefficient (Wildman–Crippen LogP) is 4.30. The minimum atomic E-state index is 0.800. The minimum Gasteiger partial charge on any atom is -0.497 e. The number of hydrogen-bond acceptors (Lipinski definition) is 6. The molecule has 2 N–H and O–H groups in total. The molecule has 0 saturated heterocycles. The highest BCUT2D eigenvalue weighted by Gasteiger charge is 2.09. The van der Waals surface area contributed by atoms with Crippen LogP contribution in [0.2, 0.25) is 0 Å². The molecule has 0 saturated carbocycles. The van der Waals surface area contributed by atoms with Crippen molar-refractivity contribution >= 4 is 16.5 Å². The first-order valence-electron chi connectivity index (χ1n) is 10.6. The van der Waals surface area contributed by atoms with Crippen molar-refractivity contribution in [2.75, 3.05) is 45.8 Å². The highest BCUT2D eigenvalue weighted by Crippen LogP contribution is 2.32. The van der Waals surface area contributed by atoms with E-state index in [-0.39, 0.29) is 0 Å². The zero-order valence-corrected chi connectivity index (χ0v) is 18.2. The summed E-state index contributed by atoms with van der Waals surface area (Å²) >= 11 is 0. The Morgan fingerprint density at radius 3 is 2.63 bits per heavy atom. The Hall–Kier alpha value is -2.70. The molecule has 0 bridgehead atoms. The third-order valence-electron chi connectivity index (χ3n) is 5.03. The number of anilines is 1. The van der Waals surface area contributed by atoms with Gasteiger partial charge >= 0.3 is 0 Å². The van der Waals surface area contributed by atoms with E-state index in [1.165, 1.54) is 0 Å². The molecule has 0 radical (unpaired) electrons. The average Bonchev–Trinajstić information content (AvgIpc) is 2.80. The zero-order valence-electron chi connectivity index (χ0n) is 18.2. The molecule has 0 amide bonds. The number of benzene rings is 2. The van der Waals surface area contributed by atoms with E-state index in [9.17, 15) is 0 Å². The molecule has 6 nitrogen and oxygen atoms in total. The molecule has 3 rings (SSSR count). The number of hydrogen-bond donors (Lipinski definition) is 2. The van der Waals surface area contributed by atoms with Crippen molar-refractivity contribution < 1.29 is 9.47 Å². The van der Waals surface area contributed by atoms with Crippen LogP contribution >= 0.6 is 0 Å². The number of fused-ring (bicyclic) bond motifs is 1. The standard InChI is InChI=1S/C24H32N4O2/c1-4-24-27-13-9-22(28-24)19-15-18-7-8-20(30-3)17-21(18)23(16-19)26-12-5-10-25-11-6-14-29-2/h7-9,13,15-17,25-26H,4-6,10-12,14H2,1-3H3. The fraction of sp³-hybridized carbons (Fsp3) is 0.417. The molecule has 0 spiro atoms. The number of methoxy groups -OCH3 is 2. The van der Waals surface area contributed by atoms with Crippen LogP contribution in [-0.2, 0) is 11.2 Å². The van der Waals surface area contributed by atoms with Crippen LogP contribution in [0.25, 0.3) is 22.0 Å². The van der Waals surface area contributed by atoms with Crippen LogP contribution in [-0.4, -0.2) is 50.4 Å². The number of nitrogens with zero attached hydrogens (tertiary/aromatic N) is 2. The summed E-state index contributed by atoms with van der Waals surface area (Å²) in [6.07, 6.45) is 4.73. The highest BCUT2D eigenvalue weighted by molar-refractivity contribution is 5.98. The maximum atomic E-state index is 5.44. The first-order chi connectivity index (χ1) is 14.7. The van der Waals surface area contributed by atoms with Crippen LogP contribution in [0.5, 0.6) is 5.75 Å². The fourth-order valence-electron chi connectivity index (χ4n) is 3.39. The number of rotatable bonds is 12. The normalized spacial score (nSPS) is 11.0. The molecule has 0 aliphatic carbocycles. The third-order valence-corrected chi connectivity index (χ3v) is 5.03. The summed E-state index contributed by atoms with van der Waals surface area (Å²) in [5.41, 5.74) is 3.13. The van der Waals surface area contributed by atoms with Crippen molar-refractivity contribution in [1.82, 2.24) is 15.3 Å². The Kier molecular flexibility index (Phi) is 8.41. The smallest absolute Gasteiger partial charge is 0.128 e. The van der Waals surface area contributed by atoms with Gasteiger partial charge in [-0.2, -0.15) is 0 Å². The van der Waals surface area contributed by atoms with Crippen molar-refractivity contribution in [3.05, 3.63) is 48.4 Å². The maximum absolute atomic E-state index is 5.44. The van der Waals surface area contributed by atoms with Crippen LogP contribution in [0, 0.1) is 0 Å². The Balaban J connectivity index is 1.77. The van der Waals surface area contributed by atoms with Gasteiger partial charge in [-0.15, -0.1) is 0 Å². The van der Waals surface area contributed by atoms with E-state index in [1.54, 1.807) is 14.2 Å². The molecule has 0 atom stereocenters. The Morgan fingerprint density at radius 1 is 0.967 bits per heavy atom. The lowest BCUT2D eigenvalue weighted by atomic mass is 10.0. The molecular weight excluding hydrogens is 376 g/mol. The lowest BCUT2D eigenvalue weighted by molar-refractivity contribution is 0.194. The molecule has 0 fully saturated rings. The van der Waals surface area contributed by atoms with Gasteiger partial charge in [0.1, 0.15) is 11.6 Å². The van der Waals surface area contributed by atoms with E-state index >= 15 is 0 Å². The van der Waals surface area contributed by atoms with E-state index in [0.717, 1.165) is 84.8 Å². The van der Waals surface area contributed by atoms with Gasteiger partial charge in [0.2, 0.25) is 0 Å². The largest absolute Gasteiger partial charge is 0.497 e. The second-order valence-electron chi connectivity index (χ2n) is 7.20. The van der Waals surface area contributed by atoms with Gasteiger partial charge in [-0.25, -0.2) is 9.97 Å². The van der Waals surface area contributed by atoms with Gasteiger partial charge in [0.15, 0.2) is 0 Å². The van der Waals surface area contributed by atoms with Gasteiger partial charge in [0, 0.05) is 49.5 Å². The van der Waals surface area contributed by atoms with Gasteiger partial charge in [0.05, 0.1) is 12.8 Å². The molecule has 1 heterocycles. The van der Waals surface area contributed by atoms with E-state index in [1.807, 2.05) is 18.3 Å². The highest BCUT2D eigenvalue weighted by atomic mass is 16.5. The van der Waals surface area contributed by atoms with E-state index in [0.29, 0.717) is 0 Å². The molecule has 2 aromatic carbocycles. The average molecular weight is 409 g/mol. The summed E-state index contributed by atoms with van der Waals surface area (Å²) in [7, 11) is 3.44. The Bertz CT molecular complexity index is 946. The predicted molar refractivity (Wildman–Crippen MR) is 123 cm³/mol. The second kappa shape index (κ2) is 11.5. The first kappa shape index (κ1) is 22.0. The lowest BCUT2D eigenvalue weighted by Gasteiger charge is -2.14. The Morgan fingerprint density at radius 2 is 1.83 bits per heavy atom. The summed E-state index contributed by atoms with van der Waals surface area (Å²) in [6.45, 7) is 5.72. The number of ether oxygens (including phenoxy) is 2. The van der Waals surface area contributed by atoms with Crippen molar-refractivity contribution in [3.8, 4) is 17.0 Å². The van der Waals surface area contributed by atoms with Gasteiger partial charge in [-0.05, 0) is 61.6 Å². The topological polar surface area (TPSA) is 68.3 Å². The quantitative estimate of drug-likeness (QED) is 0.436. The van der Waals surface area contributed by atoms with Gasteiger partial charge in [-0.3, -0.25) is 0 Å². The molecule has 30 heavy (non-hydrogen) atoms. The van der Waals surface area contributed by atoms with E-state index in [4.69, 9.17) is 14.5 Å². The van der Waals surface area contributed by atoms with Crippen LogP contribution in [0.3, 0.4) is 0 Å². The van der Waals surface area contributed by atoms with Crippen LogP contribution in [0.4, 0.5) is 5.69 Å². The first-order valence-corrected chi connectivity index (χ1v) is 10.6. The second-order valence-corrected chi connectivity index (χ2v) is 7.20. The van der Waals surface area contributed by atoms with E-state index < -0.39 is 0 Å². The lowest BCUT2D eigenvalue weighted by Crippen LogP contribution is -2.20. The SMILES string of the molecule is CCc1nccc(-c2cc(NCCCNCCCOC)c3cc(OC)ccc3c2)n1. The molecule has 0 aliphatic rings. The number of aryl methyl sites for hydroxylation is 1. The molecular formula is C24H32N4O2. The summed E-state index contributed by atoms with van der Waals surface area (Å²) in [6, 6.07) is 12.5. The molecule has 1 aromatic heterocycles. The van der Waals surface area contributed by atoms with Crippen LogP contribution < -0.4 is 15.4 Å². The van der Waals surface area contributed by atoms with Crippen molar-refractivity contribution in [2.24, 2.45) is 0 Å². The molecule has 6 heteroatoms. The van der Waals surface area contributed by atoms with Gasteiger partial charge in [-0.1, -0.05) is 13.0 Å². The van der Waals surface area contributed by atoms with Crippen LogP contribution in [0.1, 0.15) is 25.6 Å². The maximum Gasteiger partial charge on any atom is 0.128 e. The molecule has 0 aliphatic heterocycles. The zero-order chi connectivity index (χ0) is 21.2. The van der Waals surface area contributed by atoms with E-state index in [2.05, 4.69) is 46.8 Å². The van der Waals surface area contributed by atoms with Crippen LogP contribution in [0.15, 0.2) is 42.6 Å². The summed E-state index contributed by atoms with van der Waals surface area (Å²) in [5, 5.41) is 9.38. The monoisotopic (exact) mass is 408 g/mol. The van der Waals surface area contributed by atoms with Gasteiger partial charge in [0.25, 0.3) is 0 Å².